The number of amides is 2. The van der Waals surface area contributed by atoms with Crippen LogP contribution < -0.4 is 5.32 Å². The highest BCUT2D eigenvalue weighted by Crippen LogP contribution is 2.24. The van der Waals surface area contributed by atoms with Crippen molar-refractivity contribution in [2.75, 3.05) is 6.54 Å². The summed E-state index contributed by atoms with van der Waals surface area (Å²) in [5.41, 5.74) is 1.98. The second-order valence-electron chi connectivity index (χ2n) is 4.93. The smallest absolute Gasteiger partial charge is 0.243 e. The Morgan fingerprint density at radius 2 is 2.10 bits per heavy atom. The van der Waals surface area contributed by atoms with Gasteiger partial charge in [0.25, 0.3) is 0 Å². The van der Waals surface area contributed by atoms with E-state index in [1.54, 1.807) is 0 Å². The summed E-state index contributed by atoms with van der Waals surface area (Å²) in [6.07, 6.45) is 1.51. The fourth-order valence-corrected chi connectivity index (χ4v) is 3.26. The summed E-state index contributed by atoms with van der Waals surface area (Å²) in [6.45, 7) is 4.76. The van der Waals surface area contributed by atoms with E-state index in [1.165, 1.54) is 0 Å². The van der Waals surface area contributed by atoms with Crippen molar-refractivity contribution >= 4 is 27.7 Å². The van der Waals surface area contributed by atoms with Crippen LogP contribution in [0.1, 0.15) is 31.7 Å². The molecule has 0 aliphatic carbocycles. The van der Waals surface area contributed by atoms with E-state index in [-0.39, 0.29) is 24.4 Å². The molecule has 0 aromatic carbocycles. The van der Waals surface area contributed by atoms with Crippen molar-refractivity contribution in [1.29, 1.82) is 0 Å². The maximum absolute atomic E-state index is 11.9. The van der Waals surface area contributed by atoms with Gasteiger partial charge in [-0.3, -0.25) is 24.5 Å². The first-order valence-corrected chi connectivity index (χ1v) is 7.55. The Morgan fingerprint density at radius 3 is 2.65 bits per heavy atom. The first kappa shape index (κ1) is 15.2. The number of piperazine rings is 1. The average Bonchev–Trinajstić information content (AvgIpc) is 2.65. The zero-order chi connectivity index (χ0) is 14.9. The molecule has 1 aliphatic rings. The van der Waals surface area contributed by atoms with Crippen molar-refractivity contribution in [3.05, 3.63) is 15.9 Å². The lowest BCUT2D eigenvalue weighted by Gasteiger charge is -2.33. The molecule has 2 amide bonds. The minimum absolute atomic E-state index is 0.210. The van der Waals surface area contributed by atoms with Crippen molar-refractivity contribution < 1.29 is 9.59 Å². The van der Waals surface area contributed by atoms with E-state index in [1.807, 2.05) is 30.5 Å². The van der Waals surface area contributed by atoms with Gasteiger partial charge in [0.05, 0.1) is 28.4 Å². The largest absolute Gasteiger partial charge is 0.294 e. The second kappa shape index (κ2) is 6.05. The Hall–Kier alpha value is -1.21. The molecule has 0 saturated carbocycles. The molecule has 2 heterocycles. The number of hydrogen-bond donors (Lipinski definition) is 1. The lowest BCUT2D eigenvalue weighted by atomic mass is 10.1. The van der Waals surface area contributed by atoms with Crippen LogP contribution in [0.2, 0.25) is 0 Å². The number of nitrogens with one attached hydrogen (secondary N) is 1. The van der Waals surface area contributed by atoms with Gasteiger partial charge in [0, 0.05) is 13.6 Å². The number of aromatic nitrogens is 2. The SMILES string of the molecule is CCc1nn(C)c(CN2CC(=O)NC(=O)C2CC)c1Br. The van der Waals surface area contributed by atoms with Gasteiger partial charge in [-0.1, -0.05) is 13.8 Å². The number of rotatable bonds is 4. The standard InChI is InChI=1S/C13H19BrN4O2/c1-4-8-12(14)10(17(3)16-8)6-18-7-11(19)15-13(20)9(18)5-2/h9H,4-7H2,1-3H3,(H,15,19,20). The van der Waals surface area contributed by atoms with Gasteiger partial charge < -0.3 is 0 Å². The predicted octanol–water partition coefficient (Wildman–Crippen LogP) is 0.982. The van der Waals surface area contributed by atoms with Crippen molar-refractivity contribution in [2.45, 2.75) is 39.3 Å². The first-order valence-electron chi connectivity index (χ1n) is 6.75. The molecule has 1 atom stereocenters. The number of imide groups is 1. The number of aryl methyl sites for hydroxylation is 2. The Bertz CT molecular complexity index is 541. The third-order valence-electron chi connectivity index (χ3n) is 3.60. The minimum atomic E-state index is -0.264. The molecule has 1 N–H and O–H groups in total. The van der Waals surface area contributed by atoms with E-state index in [0.717, 1.165) is 22.3 Å². The highest BCUT2D eigenvalue weighted by atomic mass is 79.9. The van der Waals surface area contributed by atoms with Crippen LogP contribution >= 0.6 is 15.9 Å². The fourth-order valence-electron chi connectivity index (χ4n) is 2.51. The van der Waals surface area contributed by atoms with Crippen LogP contribution in [0.25, 0.3) is 0 Å². The molecule has 1 aromatic rings. The average molecular weight is 343 g/mol. The van der Waals surface area contributed by atoms with Crippen LogP contribution in [0.5, 0.6) is 0 Å². The molecule has 1 unspecified atom stereocenters. The van der Waals surface area contributed by atoms with E-state index in [0.29, 0.717) is 13.0 Å². The molecule has 1 saturated heterocycles. The van der Waals surface area contributed by atoms with E-state index in [2.05, 4.69) is 26.3 Å². The van der Waals surface area contributed by atoms with Gasteiger partial charge in [-0.2, -0.15) is 5.10 Å². The van der Waals surface area contributed by atoms with Crippen molar-refractivity contribution in [2.24, 2.45) is 7.05 Å². The topological polar surface area (TPSA) is 67.2 Å². The molecule has 110 valence electrons. The zero-order valence-corrected chi connectivity index (χ0v) is 13.5. The van der Waals surface area contributed by atoms with Gasteiger partial charge in [-0.05, 0) is 28.8 Å². The normalized spacial score (nSPS) is 20.3. The lowest BCUT2D eigenvalue weighted by molar-refractivity contribution is -0.140. The summed E-state index contributed by atoms with van der Waals surface area (Å²) in [5.74, 6) is -0.452. The molecule has 6 nitrogen and oxygen atoms in total. The molecule has 1 aromatic heterocycles. The third-order valence-corrected chi connectivity index (χ3v) is 4.51. The van der Waals surface area contributed by atoms with Crippen LogP contribution in [0, 0.1) is 0 Å². The van der Waals surface area contributed by atoms with Crippen molar-refractivity contribution in [1.82, 2.24) is 20.0 Å². The van der Waals surface area contributed by atoms with Crippen LogP contribution in [-0.4, -0.2) is 39.1 Å². The molecule has 2 rings (SSSR count). The third kappa shape index (κ3) is 2.78. The van der Waals surface area contributed by atoms with Gasteiger partial charge in [0.1, 0.15) is 0 Å². The van der Waals surface area contributed by atoms with Crippen LogP contribution in [0.3, 0.4) is 0 Å². The molecule has 1 aliphatic heterocycles. The maximum Gasteiger partial charge on any atom is 0.243 e. The van der Waals surface area contributed by atoms with Crippen LogP contribution in [0.15, 0.2) is 4.47 Å². The summed E-state index contributed by atoms with van der Waals surface area (Å²) in [4.78, 5) is 25.3. The zero-order valence-electron chi connectivity index (χ0n) is 11.9. The van der Waals surface area contributed by atoms with Gasteiger partial charge >= 0.3 is 0 Å². The van der Waals surface area contributed by atoms with E-state index in [9.17, 15) is 9.59 Å². The second-order valence-corrected chi connectivity index (χ2v) is 5.72. The number of hydrogen-bond acceptors (Lipinski definition) is 4. The summed E-state index contributed by atoms with van der Waals surface area (Å²) in [7, 11) is 1.88. The predicted molar refractivity (Wildman–Crippen MR) is 77.9 cm³/mol. The van der Waals surface area contributed by atoms with Crippen LogP contribution in [0.4, 0.5) is 0 Å². The summed E-state index contributed by atoms with van der Waals surface area (Å²) in [6, 6.07) is -0.264. The van der Waals surface area contributed by atoms with Gasteiger partial charge in [0.2, 0.25) is 11.8 Å². The van der Waals surface area contributed by atoms with Gasteiger partial charge in [0.15, 0.2) is 0 Å². The molecule has 20 heavy (non-hydrogen) atoms. The molecular formula is C13H19BrN4O2. The monoisotopic (exact) mass is 342 g/mol. The first-order chi connectivity index (χ1) is 9.47. The lowest BCUT2D eigenvalue weighted by Crippen LogP contribution is -2.57. The fraction of sp³-hybridized carbons (Fsp3) is 0.615. The molecule has 0 spiro atoms. The Balaban J connectivity index is 2.25. The minimum Gasteiger partial charge on any atom is -0.294 e. The summed E-state index contributed by atoms with van der Waals surface area (Å²) >= 11 is 3.57. The number of halogens is 1. The highest BCUT2D eigenvalue weighted by Gasteiger charge is 2.33. The van der Waals surface area contributed by atoms with Gasteiger partial charge in [-0.25, -0.2) is 0 Å². The van der Waals surface area contributed by atoms with Gasteiger partial charge in [-0.15, -0.1) is 0 Å². The van der Waals surface area contributed by atoms with Crippen molar-refractivity contribution in [3.63, 3.8) is 0 Å². The van der Waals surface area contributed by atoms with Crippen LogP contribution in [-0.2, 0) is 29.6 Å². The van der Waals surface area contributed by atoms with E-state index < -0.39 is 0 Å². The maximum atomic E-state index is 11.9. The highest BCUT2D eigenvalue weighted by molar-refractivity contribution is 9.10. The Morgan fingerprint density at radius 1 is 1.40 bits per heavy atom. The van der Waals surface area contributed by atoms with E-state index in [4.69, 9.17) is 0 Å². The molecule has 0 bridgehead atoms. The quantitative estimate of drug-likeness (QED) is 0.828. The number of carbonyl (C=O) groups is 2. The molecule has 0 radical (unpaired) electrons. The summed E-state index contributed by atoms with van der Waals surface area (Å²) in [5, 5.41) is 6.83. The van der Waals surface area contributed by atoms with Crippen molar-refractivity contribution in [3.8, 4) is 0 Å². The number of carbonyl (C=O) groups excluding carboxylic acids is 2. The molecule has 1 fully saturated rings. The Labute approximate surface area is 126 Å². The Kier molecular flexibility index (Phi) is 4.59. The summed E-state index contributed by atoms with van der Waals surface area (Å²) < 4.78 is 2.78. The van der Waals surface area contributed by atoms with E-state index >= 15 is 0 Å². The molecule has 7 heteroatoms. The number of nitrogens with zero attached hydrogens (tertiary/aromatic N) is 3. The molecular weight excluding hydrogens is 324 g/mol.